The number of hydrogen-bond acceptors (Lipinski definition) is 5. The second kappa shape index (κ2) is 7.63. The number of rotatable bonds is 5. The van der Waals surface area contributed by atoms with Crippen LogP contribution in [0.3, 0.4) is 0 Å². The number of ether oxygens (including phenoxy) is 1. The number of nitrogens with one attached hydrogen (secondary N) is 1. The maximum Gasteiger partial charge on any atom is 0.338 e. The average Bonchev–Trinajstić information content (AvgIpc) is 3.07. The largest absolute Gasteiger partial charge is 0.452 e. The summed E-state index contributed by atoms with van der Waals surface area (Å²) in [6.45, 7) is 1.51. The number of carbonyl (C=O) groups is 2. The molecule has 5 nitrogen and oxygen atoms in total. The summed E-state index contributed by atoms with van der Waals surface area (Å²) in [7, 11) is 0. The first-order valence-electron chi connectivity index (χ1n) is 7.58. The number of carbonyl (C=O) groups excluding carboxylic acids is 2. The van der Waals surface area contributed by atoms with Gasteiger partial charge in [0.25, 0.3) is 5.91 Å². The van der Waals surface area contributed by atoms with Gasteiger partial charge in [0.15, 0.2) is 6.61 Å². The number of hydrogen-bond donors (Lipinski definition) is 1. The third-order valence-corrected chi connectivity index (χ3v) is 4.69. The van der Waals surface area contributed by atoms with E-state index >= 15 is 0 Å². The molecule has 1 heterocycles. The maximum absolute atomic E-state index is 12.1. The van der Waals surface area contributed by atoms with Gasteiger partial charge in [-0.2, -0.15) is 0 Å². The Labute approximate surface area is 153 Å². The van der Waals surface area contributed by atoms with Crippen LogP contribution in [-0.4, -0.2) is 23.5 Å². The number of esters is 1. The molecule has 128 valence electrons. The number of fused-ring (bicyclic) bond motifs is 1. The molecule has 0 radical (unpaired) electrons. The lowest BCUT2D eigenvalue weighted by molar-refractivity contribution is -0.124. The Hall–Kier alpha value is -2.44. The van der Waals surface area contributed by atoms with Crippen LogP contribution in [-0.2, 0) is 9.53 Å². The van der Waals surface area contributed by atoms with Gasteiger partial charge in [-0.3, -0.25) is 4.79 Å². The monoisotopic (exact) mass is 374 g/mol. The lowest BCUT2D eigenvalue weighted by Crippen LogP contribution is -2.31. The second-order valence-electron chi connectivity index (χ2n) is 5.45. The van der Waals surface area contributed by atoms with E-state index in [2.05, 4.69) is 10.3 Å². The van der Waals surface area contributed by atoms with Gasteiger partial charge in [-0.05, 0) is 42.8 Å². The van der Waals surface area contributed by atoms with Gasteiger partial charge in [0.2, 0.25) is 0 Å². The summed E-state index contributed by atoms with van der Waals surface area (Å²) < 4.78 is 5.98. The molecule has 0 spiro atoms. The minimum atomic E-state index is -0.537. The van der Waals surface area contributed by atoms with Gasteiger partial charge in [0, 0.05) is 5.02 Å². The van der Waals surface area contributed by atoms with Crippen molar-refractivity contribution in [2.24, 2.45) is 0 Å². The molecule has 25 heavy (non-hydrogen) atoms. The molecule has 3 aromatic rings. The number of aromatic nitrogens is 1. The van der Waals surface area contributed by atoms with E-state index < -0.39 is 5.97 Å². The highest BCUT2D eigenvalue weighted by atomic mass is 35.5. The molecule has 2 aromatic carbocycles. The Morgan fingerprint density at radius 2 is 2.00 bits per heavy atom. The van der Waals surface area contributed by atoms with E-state index in [-0.39, 0.29) is 18.6 Å². The van der Waals surface area contributed by atoms with Gasteiger partial charge >= 0.3 is 5.97 Å². The Morgan fingerprint density at radius 1 is 1.24 bits per heavy atom. The van der Waals surface area contributed by atoms with Gasteiger partial charge < -0.3 is 10.1 Å². The zero-order chi connectivity index (χ0) is 17.8. The van der Waals surface area contributed by atoms with E-state index in [0.29, 0.717) is 10.6 Å². The molecule has 0 unspecified atom stereocenters. The van der Waals surface area contributed by atoms with Crippen LogP contribution in [0, 0.1) is 0 Å². The van der Waals surface area contributed by atoms with Crippen molar-refractivity contribution in [2.75, 3.05) is 6.61 Å². The van der Waals surface area contributed by atoms with E-state index in [0.717, 1.165) is 15.8 Å². The number of thiazole rings is 1. The summed E-state index contributed by atoms with van der Waals surface area (Å²) in [4.78, 5) is 28.2. The molecule has 1 amide bonds. The van der Waals surface area contributed by atoms with Crippen molar-refractivity contribution >= 4 is 45.0 Å². The van der Waals surface area contributed by atoms with Crippen LogP contribution in [0.5, 0.6) is 0 Å². The van der Waals surface area contributed by atoms with Gasteiger partial charge in [0.05, 0.1) is 27.3 Å². The molecular formula is C18H15ClN2O3S. The van der Waals surface area contributed by atoms with Crippen molar-refractivity contribution in [2.45, 2.75) is 13.0 Å². The summed E-state index contributed by atoms with van der Waals surface area (Å²) >= 11 is 7.29. The fourth-order valence-electron chi connectivity index (χ4n) is 2.31. The fraction of sp³-hybridized carbons (Fsp3) is 0.167. The molecule has 0 fully saturated rings. The molecule has 0 aliphatic heterocycles. The molecule has 1 atom stereocenters. The minimum absolute atomic E-state index is 0.211. The van der Waals surface area contributed by atoms with Gasteiger partial charge in [-0.25, -0.2) is 9.78 Å². The molecule has 1 N–H and O–H groups in total. The molecule has 0 saturated carbocycles. The molecule has 0 saturated heterocycles. The van der Waals surface area contributed by atoms with Crippen LogP contribution in [0.15, 0.2) is 48.0 Å². The van der Waals surface area contributed by atoms with Crippen LogP contribution < -0.4 is 5.32 Å². The molecule has 0 aliphatic rings. The first-order chi connectivity index (χ1) is 12.0. The number of amides is 1. The quantitative estimate of drug-likeness (QED) is 0.686. The van der Waals surface area contributed by atoms with Crippen molar-refractivity contribution in [1.29, 1.82) is 0 Å². The summed E-state index contributed by atoms with van der Waals surface area (Å²) in [5.41, 5.74) is 3.86. The third-order valence-electron chi connectivity index (χ3n) is 3.65. The number of halogens is 1. The smallest absolute Gasteiger partial charge is 0.338 e. The van der Waals surface area contributed by atoms with E-state index in [1.165, 1.54) is 11.3 Å². The maximum atomic E-state index is 12.1. The zero-order valence-electron chi connectivity index (χ0n) is 13.4. The number of benzene rings is 2. The topological polar surface area (TPSA) is 68.3 Å². The molecule has 0 aliphatic carbocycles. The average molecular weight is 375 g/mol. The van der Waals surface area contributed by atoms with Crippen molar-refractivity contribution in [3.63, 3.8) is 0 Å². The highest BCUT2D eigenvalue weighted by Gasteiger charge is 2.14. The first-order valence-corrected chi connectivity index (χ1v) is 8.84. The second-order valence-corrected chi connectivity index (χ2v) is 6.77. The van der Waals surface area contributed by atoms with Crippen molar-refractivity contribution in [3.05, 3.63) is 64.1 Å². The van der Waals surface area contributed by atoms with Crippen molar-refractivity contribution < 1.29 is 14.3 Å². The van der Waals surface area contributed by atoms with Crippen LogP contribution >= 0.6 is 22.9 Å². The van der Waals surface area contributed by atoms with E-state index in [4.69, 9.17) is 16.3 Å². The van der Waals surface area contributed by atoms with E-state index in [1.54, 1.807) is 35.8 Å². The summed E-state index contributed by atoms with van der Waals surface area (Å²) in [6.07, 6.45) is 0. The molecular weight excluding hydrogens is 360 g/mol. The fourth-order valence-corrected chi connectivity index (χ4v) is 3.16. The predicted octanol–water partition coefficient (Wildman–Crippen LogP) is 3.98. The zero-order valence-corrected chi connectivity index (χ0v) is 14.9. The predicted molar refractivity (Wildman–Crippen MR) is 97.9 cm³/mol. The van der Waals surface area contributed by atoms with Crippen LogP contribution in [0.1, 0.15) is 28.9 Å². The van der Waals surface area contributed by atoms with Gasteiger partial charge in [-0.1, -0.05) is 23.7 Å². The highest BCUT2D eigenvalue weighted by molar-refractivity contribution is 7.16. The lowest BCUT2D eigenvalue weighted by atomic mass is 10.1. The third kappa shape index (κ3) is 4.35. The molecule has 1 aromatic heterocycles. The van der Waals surface area contributed by atoms with Gasteiger partial charge in [0.1, 0.15) is 0 Å². The van der Waals surface area contributed by atoms with E-state index in [1.807, 2.05) is 19.1 Å². The molecule has 7 heteroatoms. The highest BCUT2D eigenvalue weighted by Crippen LogP contribution is 2.19. The SMILES string of the molecule is C[C@@H](NC(=O)COC(=O)c1ccc2ncsc2c1)c1ccc(Cl)cc1. The van der Waals surface area contributed by atoms with Crippen LogP contribution in [0.2, 0.25) is 5.02 Å². The normalized spacial score (nSPS) is 11.9. The summed E-state index contributed by atoms with van der Waals surface area (Å²) in [5, 5.41) is 3.41. The first kappa shape index (κ1) is 17.4. The molecule has 0 bridgehead atoms. The van der Waals surface area contributed by atoms with Crippen molar-refractivity contribution in [1.82, 2.24) is 10.3 Å². The lowest BCUT2D eigenvalue weighted by Gasteiger charge is -2.14. The Bertz CT molecular complexity index is 908. The Morgan fingerprint density at radius 3 is 2.76 bits per heavy atom. The minimum Gasteiger partial charge on any atom is -0.452 e. The standard InChI is InChI=1S/C18H15ClN2O3S/c1-11(12-2-5-14(19)6-3-12)21-17(22)9-24-18(23)13-4-7-15-16(8-13)25-10-20-15/h2-8,10-11H,9H2,1H3,(H,21,22)/t11-/m1/s1. The summed E-state index contributed by atoms with van der Waals surface area (Å²) in [5.74, 6) is -0.903. The summed E-state index contributed by atoms with van der Waals surface area (Å²) in [6, 6.07) is 12.1. The van der Waals surface area contributed by atoms with E-state index in [9.17, 15) is 9.59 Å². The molecule has 3 rings (SSSR count). The van der Waals surface area contributed by atoms with Crippen LogP contribution in [0.4, 0.5) is 0 Å². The van der Waals surface area contributed by atoms with Crippen molar-refractivity contribution in [3.8, 4) is 0 Å². The van der Waals surface area contributed by atoms with Crippen LogP contribution in [0.25, 0.3) is 10.2 Å². The van der Waals surface area contributed by atoms with Gasteiger partial charge in [-0.15, -0.1) is 11.3 Å². The Balaban J connectivity index is 1.54. The number of nitrogens with zero attached hydrogens (tertiary/aromatic N) is 1. The Kier molecular flexibility index (Phi) is 5.31.